The summed E-state index contributed by atoms with van der Waals surface area (Å²) in [5.74, 6) is -54.1. The van der Waals surface area contributed by atoms with Crippen molar-refractivity contribution in [3.8, 4) is 178 Å². The first-order chi connectivity index (χ1) is 67.1. The van der Waals surface area contributed by atoms with Crippen molar-refractivity contribution in [3.05, 3.63) is 206 Å². The molecule has 0 radical (unpaired) electrons. The summed E-state index contributed by atoms with van der Waals surface area (Å²) in [5.41, 5.74) is -6.22. The van der Waals surface area contributed by atoms with E-state index in [4.69, 9.17) is 56.8 Å². The van der Waals surface area contributed by atoms with Gasteiger partial charge in [-0.15, -0.1) is 0 Å². The van der Waals surface area contributed by atoms with Gasteiger partial charge in [-0.05, 0) is 190 Å². The van der Waals surface area contributed by atoms with Gasteiger partial charge in [-0.1, -0.05) is 18.9 Å². The third-order valence-corrected chi connectivity index (χ3v) is 23.2. The first kappa shape index (κ1) is 98.8. The maximum absolute atomic E-state index is 15.3. The molecule has 25 N–H and O–H groups in total. The molecule has 2 bridgehead atoms. The predicted octanol–water partition coefficient (Wildman–Crippen LogP) is 8.22. The van der Waals surface area contributed by atoms with E-state index in [1.165, 1.54) is 45.1 Å². The molecular weight excluding hydrogens is 1890 g/mol. The number of carbonyl (C=O) groups is 10. The zero-order valence-corrected chi connectivity index (χ0v) is 72.6. The SMILES string of the molecule is COc1ccc2c(c1)[C@@]13CCCC[C@@H]1[C@@H](C2)N(C)CC3.O=C(OC[C@H]1O[C@@H](OC(=O)c2cc(O)c(O)c(OC(=O)c3cc(O)c(O)c(O)c3)c2)[C@H](OC(=O)c2cc(O)c(O)c(OC(=O)c3cc(O)c(O)c(O)c3)c2)[C@@H](OC(=O)c2cc(O)c(O)c(OC(=O)c3cc(O)c(O)c(O)c3)c2)[C@@H]1OC(=O)c1cc(O)c(O)c(OC(=O)c2cc(O)c(O)c(O)c2)c1)c1cc(O)c(O)c(OC(=O)c2cc(O)c(O)c(O)c2)c1. The molecule has 0 amide bonds. The van der Waals surface area contributed by atoms with Gasteiger partial charge in [-0.25, -0.2) is 47.9 Å². The third kappa shape index (κ3) is 20.0. The first-order valence-corrected chi connectivity index (χ1v) is 41.3. The quantitative estimate of drug-likeness (QED) is 0.0131. The average Bonchev–Trinajstić information content (AvgIpc) is 0.713. The summed E-state index contributed by atoms with van der Waals surface area (Å²) >= 11 is 0. The Bertz CT molecular complexity index is 6930. The summed E-state index contributed by atoms with van der Waals surface area (Å²) in [6, 6.07) is 16.2. The van der Waals surface area contributed by atoms with E-state index in [0.29, 0.717) is 127 Å². The Hall–Kier alpha value is -19.2. The van der Waals surface area contributed by atoms with Gasteiger partial charge < -0.3 is 189 Å². The number of aromatic hydroxyl groups is 25. The second-order valence-electron chi connectivity index (χ2n) is 32.2. The second kappa shape index (κ2) is 39.3. The molecule has 740 valence electrons. The molecule has 2 aliphatic carbocycles. The number of hydrogen-bond donors (Lipinski definition) is 25. The first-order valence-electron chi connectivity index (χ1n) is 41.3. The highest BCUT2D eigenvalue weighted by atomic mass is 16.8. The number of fused-ring (bicyclic) bond motifs is 1. The fraction of sp³-hybridized carbons (Fsp3) is 0.191. The molecule has 0 spiro atoms. The zero-order chi connectivity index (χ0) is 103. The van der Waals surface area contributed by atoms with E-state index in [9.17, 15) is 161 Å². The van der Waals surface area contributed by atoms with E-state index in [1.54, 1.807) is 18.2 Å². The Morgan fingerprint density at radius 1 is 0.317 bits per heavy atom. The van der Waals surface area contributed by atoms with E-state index in [2.05, 4.69) is 30.1 Å². The number of ether oxygens (including phenoxy) is 12. The lowest BCUT2D eigenvalue weighted by Crippen LogP contribution is -2.63. The molecule has 4 aliphatic rings. The van der Waals surface area contributed by atoms with Gasteiger partial charge in [0.05, 0.1) is 62.7 Å². The Kier molecular flexibility index (Phi) is 27.3. The molecular formula is C94H77NO47. The van der Waals surface area contributed by atoms with E-state index >= 15 is 14.4 Å². The van der Waals surface area contributed by atoms with Crippen LogP contribution in [0.4, 0.5) is 0 Å². The van der Waals surface area contributed by atoms with Gasteiger partial charge >= 0.3 is 59.7 Å². The van der Waals surface area contributed by atoms with Gasteiger partial charge in [0.1, 0.15) is 18.5 Å². The second-order valence-corrected chi connectivity index (χ2v) is 32.2. The van der Waals surface area contributed by atoms with Crippen molar-refractivity contribution in [2.75, 3.05) is 27.3 Å². The molecule has 1 saturated carbocycles. The highest BCUT2D eigenvalue weighted by Crippen LogP contribution is 2.57. The van der Waals surface area contributed by atoms with Crippen LogP contribution in [0.25, 0.3) is 0 Å². The summed E-state index contributed by atoms with van der Waals surface area (Å²) in [4.78, 5) is 145. The van der Waals surface area contributed by atoms with Crippen molar-refractivity contribution in [3.63, 3.8) is 0 Å². The lowest BCUT2D eigenvalue weighted by molar-refractivity contribution is -0.282. The molecule has 0 unspecified atom stereocenters. The van der Waals surface area contributed by atoms with Crippen LogP contribution in [-0.4, -0.2) is 256 Å². The van der Waals surface area contributed by atoms with Crippen LogP contribution in [0.1, 0.15) is 147 Å². The van der Waals surface area contributed by atoms with Crippen LogP contribution in [-0.2, 0) is 40.3 Å². The van der Waals surface area contributed by atoms with Crippen LogP contribution in [0.3, 0.4) is 0 Å². The summed E-state index contributed by atoms with van der Waals surface area (Å²) in [6.07, 6.45) is -6.83. The molecule has 142 heavy (non-hydrogen) atoms. The Morgan fingerprint density at radius 2 is 0.592 bits per heavy atom. The number of hydrogen-bond acceptors (Lipinski definition) is 48. The predicted molar refractivity (Wildman–Crippen MR) is 464 cm³/mol. The van der Waals surface area contributed by atoms with Gasteiger partial charge in [0, 0.05) is 11.5 Å². The largest absolute Gasteiger partial charge is 0.504 e. The fourth-order valence-corrected chi connectivity index (χ4v) is 16.1. The van der Waals surface area contributed by atoms with Gasteiger partial charge in [0.25, 0.3) is 0 Å². The van der Waals surface area contributed by atoms with Gasteiger partial charge in [-0.2, -0.15) is 0 Å². The highest BCUT2D eigenvalue weighted by molar-refractivity contribution is 6.00. The number of phenols is 25. The Balaban J connectivity index is 0.000000701. The van der Waals surface area contributed by atoms with Crippen LogP contribution in [0.15, 0.2) is 140 Å². The minimum atomic E-state index is -3.12. The van der Waals surface area contributed by atoms with Gasteiger partial charge in [-0.3, -0.25) is 0 Å². The summed E-state index contributed by atoms with van der Waals surface area (Å²) in [5, 5.41) is 261. The number of likely N-dealkylation sites (tertiary alicyclic amines) is 1. The lowest BCUT2D eigenvalue weighted by atomic mass is 9.52. The molecule has 48 nitrogen and oxygen atoms in total. The van der Waals surface area contributed by atoms with Crippen LogP contribution >= 0.6 is 0 Å². The molecule has 11 aromatic rings. The van der Waals surface area contributed by atoms with Crippen molar-refractivity contribution in [2.24, 2.45) is 5.92 Å². The van der Waals surface area contributed by atoms with Crippen molar-refractivity contribution < 1.29 is 232 Å². The fourth-order valence-electron chi connectivity index (χ4n) is 16.1. The minimum absolute atomic E-state index is 0.295. The van der Waals surface area contributed by atoms with Crippen molar-refractivity contribution in [1.82, 2.24) is 4.90 Å². The molecule has 15 rings (SSSR count). The Morgan fingerprint density at radius 3 is 0.901 bits per heavy atom. The molecule has 2 saturated heterocycles. The molecule has 48 heteroatoms. The monoisotopic (exact) mass is 1970 g/mol. The molecule has 2 heterocycles. The number of rotatable bonds is 22. The molecule has 2 aliphatic heterocycles. The van der Waals surface area contributed by atoms with Crippen molar-refractivity contribution in [1.29, 1.82) is 0 Å². The number of likely N-dealkylation sites (N-methyl/N-ethyl adjacent to an activating group) is 1. The van der Waals surface area contributed by atoms with Crippen LogP contribution in [0, 0.1) is 5.92 Å². The standard InChI is InChI=1S/C76H52O46.C18H25NO/c77-32-1-22(2-33(78)53(32)92)67(103)113-47-16-27(11-42(87)58(47)97)66(102)112-21-52-63(119-72(108)28-12-43(88)59(98)48(17-28)114-68(104)23-3-34(79)54(93)35(80)4-23)64(120-73(109)29-13-44(89)60(99)49(18-29)115-69(105)24-5-36(81)55(94)37(82)6-24)65(121-74(110)30-14-45(90)61(100)50(19-30)116-70(106)25-7-38(83)56(95)39(84)8-25)76(118-52)122-75(111)31-15-46(91)62(101)51(20-31)117-71(107)26-9-40(85)57(96)41(86)10-26;1-19-10-9-18-8-4-3-5-15(18)17(19)11-13-6-7-14(20-2)12-16(13)18/h1-20,52,63-65,76-101H,21H2;6-7,12,15,17H,3-5,8-11H2,1-2H3/t52-,63-,64+,65-,76+;15-,17-,18-/m11/s1. The normalized spacial score (nSPS) is 17.7. The number of nitrogens with zero attached hydrogens (tertiary/aromatic N) is 1. The minimum Gasteiger partial charge on any atom is -0.504 e. The van der Waals surface area contributed by atoms with E-state index in [1.807, 2.05) is 0 Å². The number of piperidine rings is 1. The van der Waals surface area contributed by atoms with Gasteiger partial charge in [0.2, 0.25) is 41.1 Å². The molecule has 0 aromatic heterocycles. The topological polar surface area (TPSA) is 790 Å². The van der Waals surface area contributed by atoms with Crippen LogP contribution in [0.5, 0.6) is 178 Å². The maximum atomic E-state index is 15.3. The number of methoxy groups -OCH3 is 1. The van der Waals surface area contributed by atoms with E-state index in [-0.39, 0.29) is 0 Å². The lowest BCUT2D eigenvalue weighted by Gasteiger charge is -2.58. The van der Waals surface area contributed by atoms with Crippen LogP contribution in [0.2, 0.25) is 0 Å². The maximum Gasteiger partial charge on any atom is 0.343 e. The summed E-state index contributed by atoms with van der Waals surface area (Å²) < 4.78 is 65.9. The number of phenolic OH excluding ortho intramolecular Hbond substituents is 25. The molecule has 11 aromatic carbocycles. The smallest absolute Gasteiger partial charge is 0.343 e. The average molecular weight is 1970 g/mol. The number of esters is 10. The Labute approximate surface area is 792 Å². The van der Waals surface area contributed by atoms with Crippen molar-refractivity contribution in [2.45, 2.75) is 80.7 Å². The summed E-state index contributed by atoms with van der Waals surface area (Å²) in [6.45, 7) is -0.446. The number of carbonyl (C=O) groups excluding carboxylic acids is 10. The molecule has 8 atom stereocenters. The summed E-state index contributed by atoms with van der Waals surface area (Å²) in [7, 11) is 4.12. The highest BCUT2D eigenvalue weighted by Gasteiger charge is 2.57. The van der Waals surface area contributed by atoms with Gasteiger partial charge in [0.15, 0.2) is 156 Å². The van der Waals surface area contributed by atoms with Crippen molar-refractivity contribution >= 4 is 59.7 Å². The number of benzene rings is 11. The molecule has 3 fully saturated rings. The van der Waals surface area contributed by atoms with E-state index in [0.717, 1.165) is 17.7 Å². The zero-order valence-electron chi connectivity index (χ0n) is 72.6. The van der Waals surface area contributed by atoms with Crippen LogP contribution < -0.4 is 28.4 Å². The van der Waals surface area contributed by atoms with E-state index < -0.39 is 325 Å². The third-order valence-electron chi connectivity index (χ3n) is 23.2.